The molecule has 0 aliphatic carbocycles. The molecule has 1 aromatic rings. The van der Waals surface area contributed by atoms with Crippen molar-refractivity contribution in [3.63, 3.8) is 0 Å². The Hall–Kier alpha value is -1.88. The molecule has 4 N–H and O–H groups in total. The van der Waals surface area contributed by atoms with Crippen LogP contribution in [0.1, 0.15) is 23.2 Å². The van der Waals surface area contributed by atoms with Gasteiger partial charge < -0.3 is 16.0 Å². The van der Waals surface area contributed by atoms with Crippen molar-refractivity contribution >= 4 is 17.5 Å². The molecule has 0 atom stereocenters. The van der Waals surface area contributed by atoms with E-state index in [1.165, 1.54) is 17.7 Å². The van der Waals surface area contributed by atoms with E-state index in [2.05, 4.69) is 5.32 Å². The highest BCUT2D eigenvalue weighted by Gasteiger charge is 2.19. The standard InChI is InChI=1S/C13H17N3O2/c14-13(18)10-5-1-2-6-11(10)15-12(17)9-16-7-3-4-8-16/h1-2,5-6H,3-4,7-9H2,(H2,14,18)(H,15,17)/p+1. The molecule has 1 aromatic carbocycles. The molecule has 1 saturated heterocycles. The van der Waals surface area contributed by atoms with E-state index in [1.54, 1.807) is 24.3 Å². The number of amides is 2. The van der Waals surface area contributed by atoms with Gasteiger partial charge in [-0.25, -0.2) is 0 Å². The van der Waals surface area contributed by atoms with E-state index < -0.39 is 5.91 Å². The maximum absolute atomic E-state index is 11.9. The van der Waals surface area contributed by atoms with Crippen LogP contribution >= 0.6 is 0 Å². The summed E-state index contributed by atoms with van der Waals surface area (Å²) < 4.78 is 0. The zero-order valence-electron chi connectivity index (χ0n) is 10.2. The Morgan fingerprint density at radius 1 is 1.22 bits per heavy atom. The fraction of sp³-hybridized carbons (Fsp3) is 0.385. The Morgan fingerprint density at radius 3 is 2.56 bits per heavy atom. The molecular formula is C13H18N3O2+. The van der Waals surface area contributed by atoms with E-state index >= 15 is 0 Å². The molecule has 0 spiro atoms. The second-order valence-electron chi connectivity index (χ2n) is 4.59. The number of rotatable bonds is 4. The quantitative estimate of drug-likeness (QED) is 0.665. The average Bonchev–Trinajstić information content (AvgIpc) is 2.82. The van der Waals surface area contributed by atoms with Crippen molar-refractivity contribution in [3.05, 3.63) is 29.8 Å². The first kappa shape index (κ1) is 12.6. The summed E-state index contributed by atoms with van der Waals surface area (Å²) in [5.74, 6) is -0.597. The SMILES string of the molecule is NC(=O)c1ccccc1NC(=O)C[NH+]1CCCC1. The number of primary amides is 1. The number of para-hydroxylation sites is 1. The van der Waals surface area contributed by atoms with Crippen LogP contribution in [0.3, 0.4) is 0 Å². The number of anilines is 1. The van der Waals surface area contributed by atoms with Crippen LogP contribution in [0, 0.1) is 0 Å². The number of hydrogen-bond donors (Lipinski definition) is 3. The number of carbonyl (C=O) groups is 2. The molecule has 0 unspecified atom stereocenters. The summed E-state index contributed by atoms with van der Waals surface area (Å²) in [6.07, 6.45) is 2.36. The van der Waals surface area contributed by atoms with Gasteiger partial charge in [-0.2, -0.15) is 0 Å². The lowest BCUT2D eigenvalue weighted by Gasteiger charge is -2.13. The van der Waals surface area contributed by atoms with Crippen LogP contribution in [0.5, 0.6) is 0 Å². The molecule has 1 fully saturated rings. The number of quaternary nitrogens is 1. The maximum Gasteiger partial charge on any atom is 0.279 e. The minimum absolute atomic E-state index is 0.0689. The van der Waals surface area contributed by atoms with Crippen molar-refractivity contribution in [2.75, 3.05) is 25.0 Å². The normalized spacial score (nSPS) is 15.6. The van der Waals surface area contributed by atoms with Gasteiger partial charge >= 0.3 is 0 Å². The van der Waals surface area contributed by atoms with E-state index in [-0.39, 0.29) is 5.91 Å². The molecule has 0 aromatic heterocycles. The number of nitrogens with two attached hydrogens (primary N) is 1. The number of benzene rings is 1. The van der Waals surface area contributed by atoms with Crippen molar-refractivity contribution in [2.24, 2.45) is 5.73 Å². The number of hydrogen-bond acceptors (Lipinski definition) is 2. The van der Waals surface area contributed by atoms with E-state index in [1.807, 2.05) is 0 Å². The van der Waals surface area contributed by atoms with E-state index in [0.717, 1.165) is 13.1 Å². The van der Waals surface area contributed by atoms with Gasteiger partial charge in [-0.1, -0.05) is 12.1 Å². The molecule has 18 heavy (non-hydrogen) atoms. The molecule has 5 heteroatoms. The Bertz CT molecular complexity index is 453. The van der Waals surface area contributed by atoms with Crippen LogP contribution in [0.25, 0.3) is 0 Å². The minimum atomic E-state index is -0.528. The minimum Gasteiger partial charge on any atom is -0.366 e. The fourth-order valence-electron chi connectivity index (χ4n) is 2.28. The molecule has 5 nitrogen and oxygen atoms in total. The Balaban J connectivity index is 2.00. The van der Waals surface area contributed by atoms with E-state index in [9.17, 15) is 9.59 Å². The van der Waals surface area contributed by atoms with Crippen molar-refractivity contribution in [2.45, 2.75) is 12.8 Å². The Morgan fingerprint density at radius 2 is 1.89 bits per heavy atom. The Labute approximate surface area is 106 Å². The summed E-state index contributed by atoms with van der Waals surface area (Å²) in [6, 6.07) is 6.80. The zero-order chi connectivity index (χ0) is 13.0. The first-order chi connectivity index (χ1) is 8.66. The number of nitrogens with one attached hydrogen (secondary N) is 2. The summed E-state index contributed by atoms with van der Waals surface area (Å²) in [5.41, 5.74) is 6.10. The van der Waals surface area contributed by atoms with Gasteiger partial charge in [0.25, 0.3) is 11.8 Å². The maximum atomic E-state index is 11.9. The second-order valence-corrected chi connectivity index (χ2v) is 4.59. The highest BCUT2D eigenvalue weighted by molar-refractivity contribution is 6.03. The van der Waals surface area contributed by atoms with Gasteiger partial charge in [0.15, 0.2) is 6.54 Å². The van der Waals surface area contributed by atoms with Crippen LogP contribution in [-0.2, 0) is 4.79 Å². The van der Waals surface area contributed by atoms with Crippen LogP contribution in [0.15, 0.2) is 24.3 Å². The average molecular weight is 248 g/mol. The third kappa shape index (κ3) is 3.07. The molecule has 2 rings (SSSR count). The molecule has 0 bridgehead atoms. The number of likely N-dealkylation sites (tertiary alicyclic amines) is 1. The van der Waals surface area contributed by atoms with Crippen LogP contribution in [0.4, 0.5) is 5.69 Å². The molecule has 0 radical (unpaired) electrons. The van der Waals surface area contributed by atoms with Crippen molar-refractivity contribution in [1.82, 2.24) is 0 Å². The predicted octanol–water partition coefficient (Wildman–Crippen LogP) is -0.597. The molecule has 1 aliphatic heterocycles. The van der Waals surface area contributed by atoms with Crippen molar-refractivity contribution < 1.29 is 14.5 Å². The second kappa shape index (κ2) is 5.64. The Kier molecular flexibility index (Phi) is 3.94. The lowest BCUT2D eigenvalue weighted by atomic mass is 10.1. The molecule has 2 amide bonds. The van der Waals surface area contributed by atoms with Crippen LogP contribution in [-0.4, -0.2) is 31.4 Å². The van der Waals surface area contributed by atoms with Crippen LogP contribution in [0.2, 0.25) is 0 Å². The van der Waals surface area contributed by atoms with Gasteiger partial charge in [0.2, 0.25) is 0 Å². The van der Waals surface area contributed by atoms with Gasteiger partial charge in [0.05, 0.1) is 24.3 Å². The lowest BCUT2D eigenvalue weighted by molar-refractivity contribution is -0.878. The molecular weight excluding hydrogens is 230 g/mol. The van der Waals surface area contributed by atoms with Gasteiger partial charge in [0, 0.05) is 12.8 Å². The lowest BCUT2D eigenvalue weighted by Crippen LogP contribution is -3.11. The highest BCUT2D eigenvalue weighted by Crippen LogP contribution is 2.13. The van der Waals surface area contributed by atoms with Crippen molar-refractivity contribution in [3.8, 4) is 0 Å². The molecule has 0 saturated carbocycles. The van der Waals surface area contributed by atoms with Gasteiger partial charge in [-0.05, 0) is 12.1 Å². The zero-order valence-corrected chi connectivity index (χ0v) is 10.2. The number of carbonyl (C=O) groups excluding carboxylic acids is 2. The fourth-order valence-corrected chi connectivity index (χ4v) is 2.28. The van der Waals surface area contributed by atoms with Gasteiger partial charge in [-0.3, -0.25) is 9.59 Å². The van der Waals surface area contributed by atoms with Crippen molar-refractivity contribution in [1.29, 1.82) is 0 Å². The summed E-state index contributed by atoms with van der Waals surface area (Å²) in [5, 5.41) is 2.76. The third-order valence-electron chi connectivity index (χ3n) is 3.19. The van der Waals surface area contributed by atoms with Gasteiger partial charge in [0.1, 0.15) is 0 Å². The summed E-state index contributed by atoms with van der Waals surface area (Å²) in [6.45, 7) is 2.54. The molecule has 1 heterocycles. The van der Waals surface area contributed by atoms with E-state index in [0.29, 0.717) is 17.8 Å². The first-order valence-electron chi connectivity index (χ1n) is 6.19. The van der Waals surface area contributed by atoms with E-state index in [4.69, 9.17) is 5.73 Å². The smallest absolute Gasteiger partial charge is 0.279 e. The monoisotopic (exact) mass is 248 g/mol. The van der Waals surface area contributed by atoms with Crippen LogP contribution < -0.4 is 16.0 Å². The summed E-state index contributed by atoms with van der Waals surface area (Å²) in [4.78, 5) is 24.4. The predicted molar refractivity (Wildman–Crippen MR) is 68.4 cm³/mol. The van der Waals surface area contributed by atoms with Gasteiger partial charge in [-0.15, -0.1) is 0 Å². The third-order valence-corrected chi connectivity index (χ3v) is 3.19. The topological polar surface area (TPSA) is 76.6 Å². The summed E-state index contributed by atoms with van der Waals surface area (Å²) in [7, 11) is 0. The largest absolute Gasteiger partial charge is 0.366 e. The summed E-state index contributed by atoms with van der Waals surface area (Å²) >= 11 is 0. The first-order valence-corrected chi connectivity index (χ1v) is 6.19. The molecule has 1 aliphatic rings. The highest BCUT2D eigenvalue weighted by atomic mass is 16.2. The molecule has 96 valence electrons.